The van der Waals surface area contributed by atoms with Crippen molar-refractivity contribution in [2.75, 3.05) is 6.61 Å². The molecule has 6 heteroatoms. The summed E-state index contributed by atoms with van der Waals surface area (Å²) in [6, 6.07) is 0. The fourth-order valence-corrected chi connectivity index (χ4v) is 1.16. The Kier molecular flexibility index (Phi) is 2.17. The number of rotatable bonds is 1. The molecule has 1 aliphatic heterocycles. The quantitative estimate of drug-likeness (QED) is 0.462. The first-order valence-corrected chi connectivity index (χ1v) is 3.67. The van der Waals surface area contributed by atoms with Crippen LogP contribution in [0.2, 0.25) is 0 Å². The summed E-state index contributed by atoms with van der Waals surface area (Å²) >= 11 is 2.35. The van der Waals surface area contributed by atoms with Crippen LogP contribution in [-0.4, -0.2) is 39.6 Å². The lowest BCUT2D eigenvalue weighted by Crippen LogP contribution is -2.37. The predicted octanol–water partition coefficient (Wildman–Crippen LogP) is -0.674. The van der Waals surface area contributed by atoms with Gasteiger partial charge in [-0.05, 0) is 15.9 Å². The fourth-order valence-electron chi connectivity index (χ4n) is 0.772. The Morgan fingerprint density at radius 1 is 1.82 bits per heavy atom. The number of cyclic esters (lactones) is 1. The monoisotopic (exact) mass is 228 g/mol. The average Bonchev–Trinajstić information content (AvgIpc) is 2.14. The summed E-state index contributed by atoms with van der Waals surface area (Å²) in [4.78, 5) is 10.6. The van der Waals surface area contributed by atoms with Crippen LogP contribution in [0.15, 0.2) is 0 Å². The van der Waals surface area contributed by atoms with Crippen LogP contribution < -0.4 is 0 Å². The molecule has 1 rings (SSSR count). The molecule has 0 aromatic heterocycles. The third-order valence-electron chi connectivity index (χ3n) is 1.43. The van der Waals surface area contributed by atoms with Crippen molar-refractivity contribution in [3.05, 3.63) is 0 Å². The summed E-state index contributed by atoms with van der Waals surface area (Å²) in [7, 11) is 0. The summed E-state index contributed by atoms with van der Waals surface area (Å²) in [6.07, 6.45) is -2.83. The molecule has 4 nitrogen and oxygen atoms in total. The first-order valence-electron chi connectivity index (χ1n) is 2.88. The summed E-state index contributed by atoms with van der Waals surface area (Å²) in [5.41, 5.74) is 0. The van der Waals surface area contributed by atoms with Crippen molar-refractivity contribution in [1.29, 1.82) is 0 Å². The second kappa shape index (κ2) is 2.69. The first kappa shape index (κ1) is 8.89. The van der Waals surface area contributed by atoms with Gasteiger partial charge in [0.15, 0.2) is 6.10 Å². The molecule has 0 aromatic rings. The number of aliphatic hydroxyl groups excluding tert-OH is 2. The molecule has 1 unspecified atom stereocenters. The standard InChI is InChI=1S/C5H6BrFO4/c6-5(7)3(9)2(1-8)11-4(5)10/h2-3,8-9H,1H2/t2-,3?,5-/m1/s1. The normalized spacial score (nSPS) is 44.2. The van der Waals surface area contributed by atoms with Crippen molar-refractivity contribution >= 4 is 21.9 Å². The van der Waals surface area contributed by atoms with Crippen LogP contribution >= 0.6 is 15.9 Å². The Balaban J connectivity index is 2.80. The minimum atomic E-state index is -2.57. The molecule has 2 N–H and O–H groups in total. The van der Waals surface area contributed by atoms with Gasteiger partial charge >= 0.3 is 5.97 Å². The number of ether oxygens (including phenoxy) is 1. The van der Waals surface area contributed by atoms with E-state index in [2.05, 4.69) is 20.7 Å². The molecule has 64 valence electrons. The molecule has 11 heavy (non-hydrogen) atoms. The van der Waals surface area contributed by atoms with Crippen molar-refractivity contribution < 1.29 is 24.1 Å². The fraction of sp³-hybridized carbons (Fsp3) is 0.800. The van der Waals surface area contributed by atoms with Crippen molar-refractivity contribution in [2.45, 2.75) is 16.8 Å². The lowest BCUT2D eigenvalue weighted by molar-refractivity contribution is -0.147. The Labute approximate surface area is 70.1 Å². The highest BCUT2D eigenvalue weighted by Gasteiger charge is 2.56. The van der Waals surface area contributed by atoms with Gasteiger partial charge in [-0.2, -0.15) is 0 Å². The number of alkyl halides is 2. The van der Waals surface area contributed by atoms with Crippen LogP contribution in [0.25, 0.3) is 0 Å². The second-order valence-electron chi connectivity index (χ2n) is 2.19. The summed E-state index contributed by atoms with van der Waals surface area (Å²) in [6.45, 7) is -0.593. The van der Waals surface area contributed by atoms with Crippen LogP contribution in [-0.2, 0) is 9.53 Å². The Morgan fingerprint density at radius 2 is 2.36 bits per heavy atom. The molecule has 0 aliphatic carbocycles. The number of hydrogen-bond donors (Lipinski definition) is 2. The van der Waals surface area contributed by atoms with Crippen molar-refractivity contribution in [3.8, 4) is 0 Å². The maximum Gasteiger partial charge on any atom is 0.358 e. The van der Waals surface area contributed by atoms with Crippen molar-refractivity contribution in [3.63, 3.8) is 0 Å². The van der Waals surface area contributed by atoms with E-state index < -0.39 is 29.4 Å². The average molecular weight is 229 g/mol. The van der Waals surface area contributed by atoms with Crippen LogP contribution in [0, 0.1) is 0 Å². The summed E-state index contributed by atoms with van der Waals surface area (Å²) < 4.78 is 14.6. The number of carbonyl (C=O) groups excluding carboxylic acids is 1. The smallest absolute Gasteiger partial charge is 0.358 e. The molecular formula is C5H6BrFO4. The van der Waals surface area contributed by atoms with Crippen LogP contribution in [0.5, 0.6) is 0 Å². The minimum absolute atomic E-state index is 0.593. The molecule has 0 aromatic carbocycles. The molecule has 1 aliphatic rings. The van der Waals surface area contributed by atoms with E-state index in [1.807, 2.05) is 0 Å². The second-order valence-corrected chi connectivity index (χ2v) is 3.35. The number of esters is 1. The van der Waals surface area contributed by atoms with Gasteiger partial charge < -0.3 is 14.9 Å². The lowest BCUT2D eigenvalue weighted by Gasteiger charge is -2.12. The van der Waals surface area contributed by atoms with Crippen LogP contribution in [0.3, 0.4) is 0 Å². The van der Waals surface area contributed by atoms with E-state index in [1.165, 1.54) is 0 Å². The van der Waals surface area contributed by atoms with E-state index in [-0.39, 0.29) is 0 Å². The third kappa shape index (κ3) is 1.25. The Morgan fingerprint density at radius 3 is 2.55 bits per heavy atom. The van der Waals surface area contributed by atoms with Gasteiger partial charge in [0.2, 0.25) is 0 Å². The van der Waals surface area contributed by atoms with E-state index in [0.717, 1.165) is 0 Å². The topological polar surface area (TPSA) is 66.8 Å². The van der Waals surface area contributed by atoms with E-state index in [4.69, 9.17) is 10.2 Å². The van der Waals surface area contributed by atoms with Gasteiger partial charge in [-0.15, -0.1) is 0 Å². The maximum atomic E-state index is 12.9. The molecular weight excluding hydrogens is 223 g/mol. The molecule has 1 saturated heterocycles. The molecule has 1 fully saturated rings. The summed E-state index contributed by atoms with van der Waals surface area (Å²) in [5.74, 6) is -1.20. The molecule has 0 saturated carbocycles. The SMILES string of the molecule is O=C1O[C@H](CO)C(O)[C@]1(F)Br. The van der Waals surface area contributed by atoms with Gasteiger partial charge in [0, 0.05) is 0 Å². The van der Waals surface area contributed by atoms with E-state index in [9.17, 15) is 9.18 Å². The Hall–Kier alpha value is -0.200. The van der Waals surface area contributed by atoms with Crippen molar-refractivity contribution in [1.82, 2.24) is 0 Å². The number of aliphatic hydroxyl groups is 2. The summed E-state index contributed by atoms with van der Waals surface area (Å²) in [5, 5.41) is 17.4. The van der Waals surface area contributed by atoms with Gasteiger partial charge in [0.25, 0.3) is 4.58 Å². The number of carbonyl (C=O) groups is 1. The molecule has 3 atom stereocenters. The largest absolute Gasteiger partial charge is 0.454 e. The maximum absolute atomic E-state index is 12.9. The van der Waals surface area contributed by atoms with Crippen LogP contribution in [0.1, 0.15) is 0 Å². The zero-order valence-corrected chi connectivity index (χ0v) is 6.91. The van der Waals surface area contributed by atoms with Crippen molar-refractivity contribution in [2.24, 2.45) is 0 Å². The zero-order chi connectivity index (χ0) is 8.65. The Bertz CT molecular complexity index is 183. The van der Waals surface area contributed by atoms with Gasteiger partial charge in [-0.3, -0.25) is 0 Å². The molecule has 1 heterocycles. The molecule has 0 amide bonds. The van der Waals surface area contributed by atoms with Gasteiger partial charge in [-0.25, -0.2) is 9.18 Å². The highest BCUT2D eigenvalue weighted by atomic mass is 79.9. The molecule has 0 spiro atoms. The van der Waals surface area contributed by atoms with Gasteiger partial charge in [0.05, 0.1) is 6.61 Å². The highest BCUT2D eigenvalue weighted by molar-refractivity contribution is 9.10. The van der Waals surface area contributed by atoms with E-state index >= 15 is 0 Å². The number of hydrogen-bond acceptors (Lipinski definition) is 4. The molecule has 0 radical (unpaired) electrons. The van der Waals surface area contributed by atoms with E-state index in [0.29, 0.717) is 0 Å². The first-order chi connectivity index (χ1) is 5.00. The lowest BCUT2D eigenvalue weighted by atomic mass is 10.2. The van der Waals surface area contributed by atoms with Gasteiger partial charge in [0.1, 0.15) is 6.10 Å². The number of halogens is 2. The van der Waals surface area contributed by atoms with E-state index in [1.54, 1.807) is 0 Å². The minimum Gasteiger partial charge on any atom is -0.454 e. The third-order valence-corrected chi connectivity index (χ3v) is 2.23. The van der Waals surface area contributed by atoms with Gasteiger partial charge in [-0.1, -0.05) is 0 Å². The zero-order valence-electron chi connectivity index (χ0n) is 5.33. The molecule has 0 bridgehead atoms. The predicted molar refractivity (Wildman–Crippen MR) is 35.7 cm³/mol. The van der Waals surface area contributed by atoms with Crippen LogP contribution in [0.4, 0.5) is 4.39 Å². The highest BCUT2D eigenvalue weighted by Crippen LogP contribution is 2.35.